The molecule has 0 amide bonds. The second kappa shape index (κ2) is 77.0. The van der Waals surface area contributed by atoms with Crippen molar-refractivity contribution >= 4 is 39.5 Å². The Morgan fingerprint density at radius 3 is 0.717 bits per heavy atom. The van der Waals surface area contributed by atoms with Crippen LogP contribution in [0.3, 0.4) is 0 Å². The molecule has 4 unspecified atom stereocenters. The highest BCUT2D eigenvalue weighted by molar-refractivity contribution is 7.47. The van der Waals surface area contributed by atoms with Crippen molar-refractivity contribution in [2.45, 2.75) is 478 Å². The fourth-order valence-corrected chi connectivity index (χ4v) is 15.1. The fourth-order valence-electron chi connectivity index (χ4n) is 13.5. The molecule has 0 aliphatic rings. The fraction of sp³-hybridized carbons (Fsp3) is 0.954. The second-order valence-electron chi connectivity index (χ2n) is 32.2. The van der Waals surface area contributed by atoms with Crippen molar-refractivity contribution in [3.8, 4) is 0 Å². The molecule has 0 rings (SSSR count). The molecule has 7 atom stereocenters. The number of ether oxygens (including phenoxy) is 4. The van der Waals surface area contributed by atoms with Crippen LogP contribution in [0.1, 0.15) is 459 Å². The van der Waals surface area contributed by atoms with Crippen molar-refractivity contribution in [2.24, 2.45) is 17.8 Å². The van der Waals surface area contributed by atoms with E-state index in [1.54, 1.807) is 0 Å². The quantitative estimate of drug-likeness (QED) is 0.0222. The van der Waals surface area contributed by atoms with Gasteiger partial charge in [-0.2, -0.15) is 0 Å². The number of phosphoric ester groups is 2. The lowest BCUT2D eigenvalue weighted by molar-refractivity contribution is -0.161. The van der Waals surface area contributed by atoms with E-state index in [-0.39, 0.29) is 25.7 Å². The predicted octanol–water partition coefficient (Wildman–Crippen LogP) is 26.5. The van der Waals surface area contributed by atoms with Gasteiger partial charge in [0.15, 0.2) is 12.2 Å². The van der Waals surface area contributed by atoms with Gasteiger partial charge < -0.3 is 33.8 Å². The van der Waals surface area contributed by atoms with Crippen LogP contribution in [0.25, 0.3) is 0 Å². The number of phosphoric acid groups is 2. The molecule has 0 spiro atoms. The van der Waals surface area contributed by atoms with Crippen LogP contribution in [0.5, 0.6) is 0 Å². The Bertz CT molecular complexity index is 2050. The Morgan fingerprint density at radius 1 is 0.274 bits per heavy atom. The van der Waals surface area contributed by atoms with Crippen molar-refractivity contribution in [1.82, 2.24) is 0 Å². The molecule has 0 fully saturated rings. The highest BCUT2D eigenvalue weighted by atomic mass is 31.2. The zero-order chi connectivity index (χ0) is 77.9. The predicted molar refractivity (Wildman–Crippen MR) is 437 cm³/mol. The minimum Gasteiger partial charge on any atom is -0.462 e. The van der Waals surface area contributed by atoms with E-state index in [4.69, 9.17) is 37.0 Å². The van der Waals surface area contributed by atoms with Gasteiger partial charge in [0, 0.05) is 25.7 Å². The molecule has 0 aromatic carbocycles. The summed E-state index contributed by atoms with van der Waals surface area (Å²) in [6.07, 6.45) is 67.8. The summed E-state index contributed by atoms with van der Waals surface area (Å²) in [6, 6.07) is 0. The second-order valence-corrected chi connectivity index (χ2v) is 35.1. The molecule has 0 aromatic rings. The normalized spacial score (nSPS) is 14.4. The number of esters is 4. The van der Waals surface area contributed by atoms with E-state index in [0.717, 1.165) is 108 Å². The van der Waals surface area contributed by atoms with Gasteiger partial charge in [-0.25, -0.2) is 9.13 Å². The molecule has 17 nitrogen and oxygen atoms in total. The van der Waals surface area contributed by atoms with Crippen LogP contribution in [0.4, 0.5) is 0 Å². The first-order chi connectivity index (χ1) is 51.3. The zero-order valence-electron chi connectivity index (χ0n) is 69.9. The van der Waals surface area contributed by atoms with Crippen LogP contribution in [0.2, 0.25) is 0 Å². The first kappa shape index (κ1) is 104. The smallest absolute Gasteiger partial charge is 0.462 e. The number of hydrogen-bond donors (Lipinski definition) is 3. The van der Waals surface area contributed by atoms with Crippen LogP contribution < -0.4 is 0 Å². The van der Waals surface area contributed by atoms with Crippen molar-refractivity contribution in [1.29, 1.82) is 0 Å². The number of hydrogen-bond acceptors (Lipinski definition) is 15. The molecule has 0 heterocycles. The van der Waals surface area contributed by atoms with Gasteiger partial charge in [0.2, 0.25) is 0 Å². The number of carbonyl (C=O) groups is 4. The molecule has 3 N–H and O–H groups in total. The maximum absolute atomic E-state index is 13.2. The summed E-state index contributed by atoms with van der Waals surface area (Å²) < 4.78 is 69.0. The lowest BCUT2D eigenvalue weighted by Gasteiger charge is -2.21. The first-order valence-electron chi connectivity index (χ1n) is 44.9. The number of aliphatic hydroxyl groups is 1. The monoisotopic (exact) mass is 1550 g/mol. The third-order valence-corrected chi connectivity index (χ3v) is 23.0. The SMILES string of the molecule is CCCCCCCCCCCCCCCC(=O)OC[C@H](COP(=O)(O)OC[C@H](O)COP(=O)(O)OC[C@@H](COC(=O)CCCCCCCCCCCCCCCCC(C)CC)OC(=O)CCCCCCCCCCCCCCCCCCCCC(C)C)OC(=O)CCCCCCCCCCCCC(C)CC. The summed E-state index contributed by atoms with van der Waals surface area (Å²) in [4.78, 5) is 73.3. The molecule has 19 heteroatoms. The Kier molecular flexibility index (Phi) is 75.6. The number of unbranched alkanes of at least 4 members (excludes halogenated alkanes) is 51. The van der Waals surface area contributed by atoms with E-state index in [0.29, 0.717) is 25.7 Å². The summed E-state index contributed by atoms with van der Waals surface area (Å²) in [7, 11) is -9.93. The van der Waals surface area contributed by atoms with E-state index in [9.17, 15) is 43.2 Å². The van der Waals surface area contributed by atoms with Crippen LogP contribution in [-0.4, -0.2) is 96.7 Å². The molecule has 0 aliphatic carbocycles. The average molecular weight is 1550 g/mol. The Hall–Kier alpha value is -1.94. The molecule has 106 heavy (non-hydrogen) atoms. The number of rotatable bonds is 85. The molecule has 630 valence electrons. The van der Waals surface area contributed by atoms with Gasteiger partial charge in [-0.15, -0.1) is 0 Å². The maximum atomic E-state index is 13.2. The van der Waals surface area contributed by atoms with Crippen molar-refractivity contribution < 1.29 is 80.2 Å². The maximum Gasteiger partial charge on any atom is 0.472 e. The van der Waals surface area contributed by atoms with Crippen molar-refractivity contribution in [2.75, 3.05) is 39.6 Å². The number of aliphatic hydroxyl groups excluding tert-OH is 1. The highest BCUT2D eigenvalue weighted by Gasteiger charge is 2.31. The van der Waals surface area contributed by atoms with Gasteiger partial charge in [-0.05, 0) is 43.4 Å². The van der Waals surface area contributed by atoms with Gasteiger partial charge in [-0.1, -0.05) is 408 Å². The lowest BCUT2D eigenvalue weighted by Crippen LogP contribution is -2.30. The van der Waals surface area contributed by atoms with E-state index in [2.05, 4.69) is 48.5 Å². The summed E-state index contributed by atoms with van der Waals surface area (Å²) in [5.41, 5.74) is 0. The van der Waals surface area contributed by atoms with E-state index in [1.165, 1.54) is 270 Å². The van der Waals surface area contributed by atoms with Gasteiger partial charge in [0.25, 0.3) is 0 Å². The van der Waals surface area contributed by atoms with E-state index < -0.39 is 97.5 Å². The van der Waals surface area contributed by atoms with Gasteiger partial charge in [0.05, 0.1) is 26.4 Å². The molecular formula is C87H170O17P2. The Morgan fingerprint density at radius 2 is 0.481 bits per heavy atom. The summed E-state index contributed by atoms with van der Waals surface area (Å²) in [5, 5.41) is 10.7. The standard InChI is InChI=1S/C87H170O17P2/c1-8-11-12-13-14-15-16-25-32-40-47-54-61-68-84(89)97-75-83(104-87(92)71-64-57-50-43-36-35-39-46-53-60-67-80(7)10-3)77-102-106(95,96)100-73-81(88)72-99-105(93,94)101-76-82(74-98-85(90)69-62-55-48-41-33-28-24-23-27-31-38-45-52-59-66-79(6)9-2)103-86(91)70-63-56-49-42-34-29-22-20-18-17-19-21-26-30-37-44-51-58-65-78(4)5/h78-83,88H,8-77H2,1-7H3,(H,93,94)(H,95,96)/t79?,80?,81-,82-,83-/m1/s1. The minimum atomic E-state index is -4.97. The minimum absolute atomic E-state index is 0.107. The molecule has 0 saturated heterocycles. The molecule has 0 saturated carbocycles. The van der Waals surface area contributed by atoms with Crippen LogP contribution in [-0.2, 0) is 65.4 Å². The number of carbonyl (C=O) groups excluding carboxylic acids is 4. The molecule has 0 aromatic heterocycles. The molecule has 0 radical (unpaired) electrons. The summed E-state index contributed by atoms with van der Waals surface area (Å²) in [5.74, 6) is 0.372. The van der Waals surface area contributed by atoms with Crippen LogP contribution in [0, 0.1) is 17.8 Å². The molecular weight excluding hydrogens is 1380 g/mol. The summed E-state index contributed by atoms with van der Waals surface area (Å²) in [6.45, 7) is 12.1. The lowest BCUT2D eigenvalue weighted by atomic mass is 9.99. The van der Waals surface area contributed by atoms with Crippen molar-refractivity contribution in [3.63, 3.8) is 0 Å². The van der Waals surface area contributed by atoms with E-state index in [1.807, 2.05) is 0 Å². The van der Waals surface area contributed by atoms with Crippen LogP contribution in [0.15, 0.2) is 0 Å². The third kappa shape index (κ3) is 77.4. The molecule has 0 aliphatic heterocycles. The van der Waals surface area contributed by atoms with Gasteiger partial charge >= 0.3 is 39.5 Å². The zero-order valence-corrected chi connectivity index (χ0v) is 71.7. The Labute approximate surface area is 651 Å². The Balaban J connectivity index is 5.26. The van der Waals surface area contributed by atoms with E-state index >= 15 is 0 Å². The average Bonchev–Trinajstić information content (AvgIpc) is 0.906. The first-order valence-corrected chi connectivity index (χ1v) is 47.9. The van der Waals surface area contributed by atoms with Gasteiger partial charge in [-0.3, -0.25) is 37.3 Å². The topological polar surface area (TPSA) is 237 Å². The highest BCUT2D eigenvalue weighted by Crippen LogP contribution is 2.45. The molecule has 0 bridgehead atoms. The third-order valence-electron chi connectivity index (χ3n) is 21.1. The van der Waals surface area contributed by atoms with Gasteiger partial charge in [0.1, 0.15) is 19.3 Å². The largest absolute Gasteiger partial charge is 0.472 e. The van der Waals surface area contributed by atoms with Crippen LogP contribution >= 0.6 is 15.6 Å². The summed E-state index contributed by atoms with van der Waals surface area (Å²) >= 11 is 0. The van der Waals surface area contributed by atoms with Crippen molar-refractivity contribution in [3.05, 3.63) is 0 Å².